The summed E-state index contributed by atoms with van der Waals surface area (Å²) >= 11 is 11.3. The summed E-state index contributed by atoms with van der Waals surface area (Å²) in [6.45, 7) is 5.59. The Hall–Kier alpha value is -2.31. The summed E-state index contributed by atoms with van der Waals surface area (Å²) in [5.74, 6) is 1.34. The van der Waals surface area contributed by atoms with E-state index in [1.54, 1.807) is 6.21 Å². The fraction of sp³-hybridized carbons (Fsp3) is 0.263. The summed E-state index contributed by atoms with van der Waals surface area (Å²) < 4.78 is 11.6. The standard InChI is InChI=1S/C19H22ClN3O2S/c1-3-21-19(26)23-22-12-14-9-10-17(18(11-14)24-4-2)25-13-15-7-5-6-8-16(15)20/h5-12H,3-4,13H2,1-2H3,(H2,21,23,26)/p+1. The Bertz CT molecular complexity index is 768. The fourth-order valence-corrected chi connectivity index (χ4v) is 2.56. The number of hydrazine groups is 1. The molecule has 0 aliphatic rings. The number of nitrogens with one attached hydrogen (secondary N) is 3. The van der Waals surface area contributed by atoms with Crippen LogP contribution in [-0.2, 0) is 6.61 Å². The van der Waals surface area contributed by atoms with E-state index in [1.165, 1.54) is 0 Å². The average molecular weight is 393 g/mol. The van der Waals surface area contributed by atoms with E-state index < -0.39 is 0 Å². The van der Waals surface area contributed by atoms with Gasteiger partial charge < -0.3 is 14.8 Å². The van der Waals surface area contributed by atoms with Crippen LogP contribution in [-0.4, -0.2) is 24.5 Å². The van der Waals surface area contributed by atoms with Gasteiger partial charge in [-0.05, 0) is 50.3 Å². The van der Waals surface area contributed by atoms with Crippen molar-refractivity contribution in [3.63, 3.8) is 0 Å². The highest BCUT2D eigenvalue weighted by Crippen LogP contribution is 2.29. The molecule has 0 heterocycles. The topological polar surface area (TPSA) is 56.5 Å². The smallest absolute Gasteiger partial charge is 0.223 e. The maximum Gasteiger partial charge on any atom is 0.223 e. The molecule has 0 aliphatic carbocycles. The summed E-state index contributed by atoms with van der Waals surface area (Å²) in [6.07, 6.45) is 1.80. The van der Waals surface area contributed by atoms with E-state index in [0.29, 0.717) is 34.8 Å². The first-order valence-corrected chi connectivity index (χ1v) is 9.18. The Kier molecular flexibility index (Phi) is 8.18. The molecule has 2 aromatic rings. The van der Waals surface area contributed by atoms with Crippen LogP contribution < -0.4 is 25.3 Å². The third-order valence-corrected chi connectivity index (χ3v) is 3.99. The van der Waals surface area contributed by atoms with Crippen LogP contribution >= 0.6 is 23.8 Å². The largest absolute Gasteiger partial charge is 0.490 e. The van der Waals surface area contributed by atoms with Crippen molar-refractivity contribution >= 4 is 35.1 Å². The summed E-state index contributed by atoms with van der Waals surface area (Å²) in [5, 5.41) is 7.16. The van der Waals surface area contributed by atoms with Gasteiger partial charge in [0.15, 0.2) is 17.7 Å². The van der Waals surface area contributed by atoms with E-state index in [-0.39, 0.29) is 0 Å². The van der Waals surface area contributed by atoms with Crippen LogP contribution in [0.1, 0.15) is 25.0 Å². The highest BCUT2D eigenvalue weighted by atomic mass is 35.5. The van der Waals surface area contributed by atoms with Crippen molar-refractivity contribution in [3.8, 4) is 11.5 Å². The molecule has 0 saturated heterocycles. The van der Waals surface area contributed by atoms with E-state index >= 15 is 0 Å². The minimum atomic E-state index is 0.375. The van der Waals surface area contributed by atoms with Crippen molar-refractivity contribution in [1.82, 2.24) is 10.7 Å². The van der Waals surface area contributed by atoms with Crippen molar-refractivity contribution in [3.05, 3.63) is 58.6 Å². The molecule has 0 aliphatic heterocycles. The van der Waals surface area contributed by atoms with E-state index in [2.05, 4.69) is 15.8 Å². The molecule has 0 unspecified atom stereocenters. The maximum absolute atomic E-state index is 6.17. The zero-order chi connectivity index (χ0) is 18.8. The minimum Gasteiger partial charge on any atom is -0.490 e. The van der Waals surface area contributed by atoms with Crippen LogP contribution in [0.25, 0.3) is 0 Å². The molecule has 3 N–H and O–H groups in total. The van der Waals surface area contributed by atoms with Gasteiger partial charge in [0.25, 0.3) is 0 Å². The monoisotopic (exact) mass is 392 g/mol. The Labute approximate surface area is 164 Å². The van der Waals surface area contributed by atoms with Crippen LogP contribution in [0.15, 0.2) is 42.5 Å². The molecular formula is C19H23ClN3O2S+. The van der Waals surface area contributed by atoms with E-state index in [9.17, 15) is 0 Å². The van der Waals surface area contributed by atoms with E-state index in [0.717, 1.165) is 17.7 Å². The Morgan fingerprint density at radius 1 is 1.15 bits per heavy atom. The van der Waals surface area contributed by atoms with Crippen molar-refractivity contribution < 1.29 is 14.6 Å². The van der Waals surface area contributed by atoms with E-state index in [4.69, 9.17) is 33.3 Å². The Morgan fingerprint density at radius 2 is 1.96 bits per heavy atom. The summed E-state index contributed by atoms with van der Waals surface area (Å²) in [6, 6.07) is 13.3. The number of ether oxygens (including phenoxy) is 2. The molecule has 5 nitrogen and oxygen atoms in total. The molecule has 0 amide bonds. The lowest BCUT2D eigenvalue weighted by Crippen LogP contribution is -2.82. The molecule has 0 spiro atoms. The number of hydrogen-bond acceptors (Lipinski definition) is 3. The average Bonchev–Trinajstić information content (AvgIpc) is 2.63. The second kappa shape index (κ2) is 10.6. The van der Waals surface area contributed by atoms with Gasteiger partial charge >= 0.3 is 0 Å². The molecule has 138 valence electrons. The van der Waals surface area contributed by atoms with Crippen LogP contribution in [0.5, 0.6) is 11.5 Å². The SMILES string of the molecule is CCNC(=S)N[NH+]=Cc1ccc(OCc2ccccc2Cl)c(OCC)c1. The van der Waals surface area contributed by atoms with Crippen LogP contribution in [0, 0.1) is 0 Å². The van der Waals surface area contributed by atoms with Gasteiger partial charge in [-0.1, -0.05) is 29.8 Å². The maximum atomic E-state index is 6.17. The van der Waals surface area contributed by atoms with Crippen LogP contribution in [0.2, 0.25) is 5.02 Å². The van der Waals surface area contributed by atoms with Crippen molar-refractivity contribution in [2.75, 3.05) is 13.2 Å². The normalized spacial score (nSPS) is 10.6. The summed E-state index contributed by atoms with van der Waals surface area (Å²) in [7, 11) is 0. The Morgan fingerprint density at radius 3 is 2.69 bits per heavy atom. The number of hydrazone groups is 1. The number of benzene rings is 2. The summed E-state index contributed by atoms with van der Waals surface area (Å²) in [5.41, 5.74) is 4.73. The fourth-order valence-electron chi connectivity index (χ4n) is 2.16. The summed E-state index contributed by atoms with van der Waals surface area (Å²) in [4.78, 5) is 0. The van der Waals surface area contributed by atoms with Crippen LogP contribution in [0.3, 0.4) is 0 Å². The minimum absolute atomic E-state index is 0.375. The predicted octanol–water partition coefficient (Wildman–Crippen LogP) is 2.22. The zero-order valence-electron chi connectivity index (χ0n) is 14.8. The molecule has 0 bridgehead atoms. The van der Waals surface area contributed by atoms with Gasteiger partial charge in [0.05, 0.1) is 6.61 Å². The zero-order valence-corrected chi connectivity index (χ0v) is 16.4. The lowest BCUT2D eigenvalue weighted by molar-refractivity contribution is -0.500. The highest BCUT2D eigenvalue weighted by Gasteiger charge is 2.08. The lowest BCUT2D eigenvalue weighted by atomic mass is 10.2. The number of rotatable bonds is 8. The lowest BCUT2D eigenvalue weighted by Gasteiger charge is -2.12. The number of halogens is 1. The third-order valence-electron chi connectivity index (χ3n) is 3.37. The van der Waals surface area contributed by atoms with Gasteiger partial charge in [-0.3, -0.25) is 0 Å². The molecule has 0 atom stereocenters. The molecule has 26 heavy (non-hydrogen) atoms. The molecule has 0 radical (unpaired) electrons. The second-order valence-electron chi connectivity index (χ2n) is 5.29. The molecular weight excluding hydrogens is 370 g/mol. The van der Waals surface area contributed by atoms with Crippen molar-refractivity contribution in [1.29, 1.82) is 0 Å². The molecule has 2 aromatic carbocycles. The predicted molar refractivity (Wildman–Crippen MR) is 109 cm³/mol. The first-order chi connectivity index (χ1) is 12.6. The first kappa shape index (κ1) is 20.0. The van der Waals surface area contributed by atoms with Crippen molar-refractivity contribution in [2.24, 2.45) is 0 Å². The quantitative estimate of drug-likeness (QED) is 0.365. The first-order valence-electron chi connectivity index (χ1n) is 8.39. The molecule has 0 saturated carbocycles. The third kappa shape index (κ3) is 6.20. The van der Waals surface area contributed by atoms with Gasteiger partial charge in [0.2, 0.25) is 5.11 Å². The van der Waals surface area contributed by atoms with Gasteiger partial charge in [0, 0.05) is 22.7 Å². The highest BCUT2D eigenvalue weighted by molar-refractivity contribution is 7.80. The molecule has 7 heteroatoms. The Balaban J connectivity index is 2.06. The number of thiocarbonyl (C=S) groups is 1. The van der Waals surface area contributed by atoms with Gasteiger partial charge in [-0.15, -0.1) is 10.5 Å². The van der Waals surface area contributed by atoms with Gasteiger partial charge in [-0.25, -0.2) is 0 Å². The van der Waals surface area contributed by atoms with Crippen molar-refractivity contribution in [2.45, 2.75) is 20.5 Å². The molecule has 2 rings (SSSR count). The second-order valence-corrected chi connectivity index (χ2v) is 6.11. The van der Waals surface area contributed by atoms with Crippen LogP contribution in [0.4, 0.5) is 0 Å². The van der Waals surface area contributed by atoms with Gasteiger partial charge in [-0.2, -0.15) is 0 Å². The number of hydrogen-bond donors (Lipinski definition) is 3. The van der Waals surface area contributed by atoms with Gasteiger partial charge in [0.1, 0.15) is 6.61 Å². The molecule has 0 aromatic heterocycles. The molecule has 0 fully saturated rings. The van der Waals surface area contributed by atoms with E-state index in [1.807, 2.05) is 56.3 Å².